The zero-order valence-corrected chi connectivity index (χ0v) is 30.8. The average molecular weight is 719 g/mol. The summed E-state index contributed by atoms with van der Waals surface area (Å²) in [6.07, 6.45) is 13.0. The molecule has 9 aromatic rings. The molecule has 266 valence electrons. The van der Waals surface area contributed by atoms with Gasteiger partial charge in [0.25, 0.3) is 0 Å². The Morgan fingerprint density at radius 3 is 1.64 bits per heavy atom. The van der Waals surface area contributed by atoms with E-state index in [2.05, 4.69) is 203 Å². The van der Waals surface area contributed by atoms with Gasteiger partial charge in [0.15, 0.2) is 0 Å². The van der Waals surface area contributed by atoms with Gasteiger partial charge in [-0.25, -0.2) is 4.99 Å². The second-order valence-corrected chi connectivity index (χ2v) is 14.8. The highest BCUT2D eigenvalue weighted by Gasteiger charge is 2.21. The van der Waals surface area contributed by atoms with Crippen molar-refractivity contribution >= 4 is 55.3 Å². The highest BCUT2D eigenvalue weighted by Crippen LogP contribution is 2.39. The monoisotopic (exact) mass is 718 g/mol. The van der Waals surface area contributed by atoms with Crippen LogP contribution in [0.5, 0.6) is 0 Å². The predicted molar refractivity (Wildman–Crippen MR) is 236 cm³/mol. The summed E-state index contributed by atoms with van der Waals surface area (Å²) in [5, 5.41) is 8.50. The van der Waals surface area contributed by atoms with E-state index >= 15 is 0 Å². The first-order valence-electron chi connectivity index (χ1n) is 19.5. The van der Waals surface area contributed by atoms with Crippen molar-refractivity contribution in [3.63, 3.8) is 0 Å². The molecule has 1 aliphatic heterocycles. The number of fused-ring (bicyclic) bond motifs is 6. The number of nitrogens with one attached hydrogen (secondary N) is 1. The van der Waals surface area contributed by atoms with Gasteiger partial charge in [-0.3, -0.25) is 4.57 Å². The van der Waals surface area contributed by atoms with Gasteiger partial charge in [-0.1, -0.05) is 121 Å². The van der Waals surface area contributed by atoms with Gasteiger partial charge in [0.05, 0.1) is 28.1 Å². The van der Waals surface area contributed by atoms with Gasteiger partial charge < -0.3 is 9.88 Å². The topological polar surface area (TPSA) is 34.2 Å². The van der Waals surface area contributed by atoms with Gasteiger partial charge in [-0.2, -0.15) is 0 Å². The first-order valence-corrected chi connectivity index (χ1v) is 19.5. The molecular weight excluding hydrogens is 681 g/mol. The van der Waals surface area contributed by atoms with Crippen molar-refractivity contribution in [2.75, 3.05) is 0 Å². The normalized spacial score (nSPS) is 15.4. The Bertz CT molecular complexity index is 3040. The molecule has 11 rings (SSSR count). The maximum atomic E-state index is 5.42. The molecule has 2 aromatic heterocycles. The third-order valence-corrected chi connectivity index (χ3v) is 11.4. The number of benzene rings is 7. The smallest absolute Gasteiger partial charge is 0.208 e. The molecule has 0 amide bonds. The number of nitrogens with zero attached hydrogens (tertiary/aromatic N) is 3. The van der Waals surface area contributed by atoms with E-state index in [1.807, 2.05) is 6.20 Å². The second kappa shape index (κ2) is 13.3. The molecule has 4 heteroatoms. The van der Waals surface area contributed by atoms with Crippen LogP contribution in [0.15, 0.2) is 199 Å². The van der Waals surface area contributed by atoms with E-state index < -0.39 is 0 Å². The van der Waals surface area contributed by atoms with Gasteiger partial charge in [-0.15, -0.1) is 0 Å². The average Bonchev–Trinajstić information content (AvgIpc) is 3.79. The first kappa shape index (κ1) is 32.3. The van der Waals surface area contributed by atoms with Crippen LogP contribution in [0.2, 0.25) is 0 Å². The first-order chi connectivity index (χ1) is 27.8. The SMILES string of the molecule is C1=CCCC(n2c3ccccc3c3cc(-c4ccc5c(c4)c4ccccc4n5C4=NC(c5cc(-c6ccccc6)cc(-c6ccccc6)c5)C=CN4)ccc32)=C1. The lowest BCUT2D eigenvalue weighted by atomic mass is 9.93. The van der Waals surface area contributed by atoms with E-state index in [0.717, 1.165) is 35.4 Å². The van der Waals surface area contributed by atoms with E-state index in [4.69, 9.17) is 4.99 Å². The summed E-state index contributed by atoms with van der Waals surface area (Å²) >= 11 is 0. The van der Waals surface area contributed by atoms with E-state index in [1.165, 1.54) is 71.7 Å². The predicted octanol–water partition coefficient (Wildman–Crippen LogP) is 13.2. The minimum atomic E-state index is -0.165. The van der Waals surface area contributed by atoms with Gasteiger partial charge in [0.2, 0.25) is 5.96 Å². The molecule has 0 spiro atoms. The van der Waals surface area contributed by atoms with Gasteiger partial charge in [0.1, 0.15) is 0 Å². The second-order valence-electron chi connectivity index (χ2n) is 14.8. The Balaban J connectivity index is 1.02. The Labute approximate surface area is 325 Å². The summed E-state index contributed by atoms with van der Waals surface area (Å²) in [6.45, 7) is 0. The minimum Gasteiger partial charge on any atom is -0.332 e. The number of para-hydroxylation sites is 2. The van der Waals surface area contributed by atoms with Crippen molar-refractivity contribution < 1.29 is 0 Å². The van der Waals surface area contributed by atoms with Crippen LogP contribution >= 0.6 is 0 Å². The Kier molecular flexibility index (Phi) is 7.66. The van der Waals surface area contributed by atoms with Crippen LogP contribution in [-0.2, 0) is 0 Å². The van der Waals surface area contributed by atoms with E-state index in [-0.39, 0.29) is 6.04 Å². The summed E-state index contributed by atoms with van der Waals surface area (Å²) < 4.78 is 4.74. The van der Waals surface area contributed by atoms with Crippen LogP contribution in [0, 0.1) is 0 Å². The summed E-state index contributed by atoms with van der Waals surface area (Å²) in [4.78, 5) is 5.42. The van der Waals surface area contributed by atoms with Crippen LogP contribution in [0.4, 0.5) is 0 Å². The van der Waals surface area contributed by atoms with Crippen molar-refractivity contribution in [1.82, 2.24) is 14.5 Å². The molecule has 1 atom stereocenters. The Morgan fingerprint density at radius 1 is 0.482 bits per heavy atom. The molecule has 56 heavy (non-hydrogen) atoms. The number of aliphatic imine (C=N–C) groups is 1. The zero-order valence-electron chi connectivity index (χ0n) is 30.8. The molecule has 1 aliphatic carbocycles. The third-order valence-electron chi connectivity index (χ3n) is 11.4. The Morgan fingerprint density at radius 2 is 1.04 bits per heavy atom. The lowest BCUT2D eigenvalue weighted by Gasteiger charge is -2.21. The number of aromatic nitrogens is 2. The highest BCUT2D eigenvalue weighted by molar-refractivity contribution is 6.16. The fourth-order valence-corrected chi connectivity index (χ4v) is 8.77. The summed E-state index contributed by atoms with van der Waals surface area (Å²) in [5.74, 6) is 0.809. The number of rotatable bonds is 5. The molecule has 0 bridgehead atoms. The molecule has 0 radical (unpaired) electrons. The maximum absolute atomic E-state index is 5.42. The van der Waals surface area contributed by atoms with Crippen LogP contribution in [0.25, 0.3) is 82.7 Å². The van der Waals surface area contributed by atoms with E-state index in [9.17, 15) is 0 Å². The minimum absolute atomic E-state index is 0.165. The van der Waals surface area contributed by atoms with Crippen LogP contribution in [0.3, 0.4) is 0 Å². The lowest BCUT2D eigenvalue weighted by molar-refractivity contribution is 0.851. The maximum Gasteiger partial charge on any atom is 0.208 e. The molecule has 3 heterocycles. The van der Waals surface area contributed by atoms with Crippen molar-refractivity contribution in [3.8, 4) is 33.4 Å². The number of hydrogen-bond donors (Lipinski definition) is 1. The largest absolute Gasteiger partial charge is 0.332 e. The van der Waals surface area contributed by atoms with Gasteiger partial charge >= 0.3 is 0 Å². The summed E-state index contributed by atoms with van der Waals surface area (Å²) in [7, 11) is 0. The zero-order chi connectivity index (χ0) is 37.0. The van der Waals surface area contributed by atoms with Crippen LogP contribution < -0.4 is 5.32 Å². The molecule has 0 saturated carbocycles. The molecule has 4 nitrogen and oxygen atoms in total. The molecule has 1 unspecified atom stereocenters. The summed E-state index contributed by atoms with van der Waals surface area (Å²) in [6, 6.07) is 59.3. The quantitative estimate of drug-likeness (QED) is 0.189. The van der Waals surface area contributed by atoms with Crippen molar-refractivity contribution in [2.45, 2.75) is 18.9 Å². The molecule has 7 aromatic carbocycles. The van der Waals surface area contributed by atoms with E-state index in [1.54, 1.807) is 0 Å². The standard InChI is InChI=1S/C52H38N4/c1-4-14-35(15-5-1)39-30-40(36-16-6-2-7-17-36)32-41(31-39)47-28-29-53-52(54-47)56-49-23-13-11-21-44(49)46-34-38(25-27-51(46)56)37-24-26-50-45(33-37)43-20-10-12-22-48(43)55(50)42-18-8-3-9-19-42/h1-8,10-18,20-34,47H,9,19H2,(H,53,54). The fourth-order valence-electron chi connectivity index (χ4n) is 8.77. The van der Waals surface area contributed by atoms with Crippen molar-refractivity contribution in [3.05, 3.63) is 200 Å². The van der Waals surface area contributed by atoms with Gasteiger partial charge in [0, 0.05) is 33.4 Å². The molecule has 0 saturated heterocycles. The van der Waals surface area contributed by atoms with Crippen molar-refractivity contribution in [2.24, 2.45) is 4.99 Å². The molecule has 2 aliphatic rings. The molecular formula is C52H38N4. The lowest BCUT2D eigenvalue weighted by Crippen LogP contribution is -2.29. The van der Waals surface area contributed by atoms with Crippen LogP contribution in [0.1, 0.15) is 24.4 Å². The van der Waals surface area contributed by atoms with Gasteiger partial charge in [-0.05, 0) is 119 Å². The summed E-state index contributed by atoms with van der Waals surface area (Å²) in [5.41, 5.74) is 14.4. The number of allylic oxidation sites excluding steroid dienone is 4. The third kappa shape index (κ3) is 5.41. The van der Waals surface area contributed by atoms with Crippen LogP contribution in [-0.4, -0.2) is 15.1 Å². The molecule has 0 fully saturated rings. The highest BCUT2D eigenvalue weighted by atomic mass is 15.2. The molecule has 1 N–H and O–H groups in total. The van der Waals surface area contributed by atoms with E-state index in [0.29, 0.717) is 0 Å². The van der Waals surface area contributed by atoms with Crippen molar-refractivity contribution in [1.29, 1.82) is 0 Å². The fraction of sp³-hybridized carbons (Fsp3) is 0.0577. The Hall–Kier alpha value is -7.17. The number of hydrogen-bond acceptors (Lipinski definition) is 2.